The number of ether oxygens (including phenoxy) is 2. The quantitative estimate of drug-likeness (QED) is 0.0847. The first-order valence-electron chi connectivity index (χ1n) is 12.2. The molecule has 0 aliphatic heterocycles. The molecule has 0 saturated heterocycles. The van der Waals surface area contributed by atoms with Crippen LogP contribution >= 0.6 is 39.1 Å². The van der Waals surface area contributed by atoms with Crippen LogP contribution in [0, 0.1) is 0 Å². The van der Waals surface area contributed by atoms with Crippen LogP contribution in [0.25, 0.3) is 0 Å². The molecule has 11 heteroatoms. The predicted molar refractivity (Wildman–Crippen MR) is 163 cm³/mol. The van der Waals surface area contributed by atoms with Crippen molar-refractivity contribution in [2.75, 3.05) is 11.9 Å². The maximum atomic E-state index is 12.6. The molecule has 4 aromatic rings. The molecule has 0 saturated carbocycles. The second-order valence-corrected chi connectivity index (χ2v) is 10.1. The van der Waals surface area contributed by atoms with E-state index in [0.717, 1.165) is 4.47 Å². The molecule has 2 amide bonds. The number of esters is 1. The summed E-state index contributed by atoms with van der Waals surface area (Å²) in [5, 5.41) is 7.35. The molecule has 0 bridgehead atoms. The Labute approximate surface area is 254 Å². The Kier molecular flexibility index (Phi) is 10.1. The minimum Gasteiger partial charge on any atom is -0.490 e. The zero-order valence-electron chi connectivity index (χ0n) is 21.5. The van der Waals surface area contributed by atoms with Gasteiger partial charge in [-0.05, 0) is 97.4 Å². The number of hydrazone groups is 1. The van der Waals surface area contributed by atoms with Crippen molar-refractivity contribution < 1.29 is 23.9 Å². The third-order valence-electron chi connectivity index (χ3n) is 5.51. The van der Waals surface area contributed by atoms with Gasteiger partial charge in [0.25, 0.3) is 11.8 Å². The number of nitrogens with zero attached hydrogens (tertiary/aromatic N) is 1. The lowest BCUT2D eigenvalue weighted by Crippen LogP contribution is -2.18. The van der Waals surface area contributed by atoms with Crippen LogP contribution in [0.15, 0.2) is 94.5 Å². The highest BCUT2D eigenvalue weighted by atomic mass is 79.9. The van der Waals surface area contributed by atoms with Gasteiger partial charge in [-0.2, -0.15) is 5.10 Å². The fraction of sp³-hybridized carbons (Fsp3) is 0.0667. The van der Waals surface area contributed by atoms with Crippen molar-refractivity contribution in [2.45, 2.75) is 6.92 Å². The fourth-order valence-corrected chi connectivity index (χ4v) is 4.26. The molecular weight excluding hydrogens is 633 g/mol. The minimum absolute atomic E-state index is 0.159. The summed E-state index contributed by atoms with van der Waals surface area (Å²) in [6, 6.07) is 22.7. The van der Waals surface area contributed by atoms with E-state index in [9.17, 15) is 14.4 Å². The fourth-order valence-electron chi connectivity index (χ4n) is 3.51. The van der Waals surface area contributed by atoms with Crippen molar-refractivity contribution in [1.29, 1.82) is 0 Å². The van der Waals surface area contributed by atoms with Crippen LogP contribution in [0.5, 0.6) is 11.5 Å². The Morgan fingerprint density at radius 1 is 0.854 bits per heavy atom. The molecule has 4 aromatic carbocycles. The molecule has 2 N–H and O–H groups in total. The zero-order chi connectivity index (χ0) is 29.4. The molecule has 0 fully saturated rings. The van der Waals surface area contributed by atoms with Gasteiger partial charge in [0.1, 0.15) is 0 Å². The van der Waals surface area contributed by atoms with Crippen LogP contribution < -0.4 is 20.2 Å². The van der Waals surface area contributed by atoms with Crippen LogP contribution in [0.2, 0.25) is 10.0 Å². The summed E-state index contributed by atoms with van der Waals surface area (Å²) in [6.07, 6.45) is 1.43. The summed E-state index contributed by atoms with van der Waals surface area (Å²) in [7, 11) is 0. The maximum absolute atomic E-state index is 12.6. The number of carbonyl (C=O) groups is 3. The van der Waals surface area contributed by atoms with Gasteiger partial charge in [-0.25, -0.2) is 10.2 Å². The van der Waals surface area contributed by atoms with Crippen molar-refractivity contribution in [3.63, 3.8) is 0 Å². The van der Waals surface area contributed by atoms with Gasteiger partial charge in [0.15, 0.2) is 11.5 Å². The third kappa shape index (κ3) is 8.17. The van der Waals surface area contributed by atoms with Gasteiger partial charge in [-0.3, -0.25) is 9.59 Å². The molecule has 4 rings (SSSR count). The van der Waals surface area contributed by atoms with E-state index in [1.54, 1.807) is 79.7 Å². The van der Waals surface area contributed by atoms with Gasteiger partial charge in [0, 0.05) is 26.3 Å². The SMILES string of the molecule is CCOc1cc(/C=N\NC(=O)c2ccc(NC(=O)c3ccc(Br)cc3)cc2)ccc1OC(=O)c1ccc(Cl)cc1Cl. The minimum atomic E-state index is -0.666. The van der Waals surface area contributed by atoms with Crippen LogP contribution in [0.3, 0.4) is 0 Å². The van der Waals surface area contributed by atoms with Crippen molar-refractivity contribution in [3.8, 4) is 11.5 Å². The molecule has 0 heterocycles. The number of amides is 2. The number of hydrogen-bond donors (Lipinski definition) is 2. The maximum Gasteiger partial charge on any atom is 0.345 e. The highest BCUT2D eigenvalue weighted by Gasteiger charge is 2.16. The van der Waals surface area contributed by atoms with Gasteiger partial charge in [-0.1, -0.05) is 39.1 Å². The van der Waals surface area contributed by atoms with Crippen molar-refractivity contribution in [1.82, 2.24) is 5.43 Å². The number of carbonyl (C=O) groups excluding carboxylic acids is 3. The standard InChI is InChI=1S/C30H22BrCl2N3O5/c1-2-40-27-15-18(3-14-26(27)41-30(39)24-13-10-22(32)16-25(24)33)17-34-36-29(38)20-6-11-23(12-7-20)35-28(37)19-4-8-21(31)9-5-19/h3-17H,2H2,1H3,(H,35,37)(H,36,38)/b34-17-. The van der Waals surface area contributed by atoms with E-state index in [0.29, 0.717) is 39.8 Å². The summed E-state index contributed by atoms with van der Waals surface area (Å²) < 4.78 is 12.0. The van der Waals surface area contributed by atoms with Crippen LogP contribution in [-0.2, 0) is 0 Å². The lowest BCUT2D eigenvalue weighted by Gasteiger charge is -2.12. The van der Waals surface area contributed by atoms with E-state index in [4.69, 9.17) is 32.7 Å². The number of halogens is 3. The van der Waals surface area contributed by atoms with E-state index < -0.39 is 11.9 Å². The molecule has 0 aliphatic rings. The number of anilines is 1. The molecule has 0 aliphatic carbocycles. The van der Waals surface area contributed by atoms with E-state index in [1.807, 2.05) is 0 Å². The lowest BCUT2D eigenvalue weighted by atomic mass is 10.1. The Balaban J connectivity index is 1.36. The monoisotopic (exact) mass is 653 g/mol. The average molecular weight is 655 g/mol. The predicted octanol–water partition coefficient (Wildman–Crippen LogP) is 7.39. The molecule has 208 valence electrons. The van der Waals surface area contributed by atoms with Crippen LogP contribution in [-0.4, -0.2) is 30.6 Å². The van der Waals surface area contributed by atoms with E-state index >= 15 is 0 Å². The summed E-state index contributed by atoms with van der Waals surface area (Å²) in [5.74, 6) is -0.874. The van der Waals surface area contributed by atoms with Gasteiger partial charge in [-0.15, -0.1) is 0 Å². The zero-order valence-corrected chi connectivity index (χ0v) is 24.6. The molecule has 8 nitrogen and oxygen atoms in total. The highest BCUT2D eigenvalue weighted by molar-refractivity contribution is 9.10. The summed E-state index contributed by atoms with van der Waals surface area (Å²) in [4.78, 5) is 37.5. The molecule has 0 unspecified atom stereocenters. The van der Waals surface area contributed by atoms with Gasteiger partial charge in [0.05, 0.1) is 23.4 Å². The lowest BCUT2D eigenvalue weighted by molar-refractivity contribution is 0.0728. The summed E-state index contributed by atoms with van der Waals surface area (Å²) in [5.41, 5.74) is 4.60. The largest absolute Gasteiger partial charge is 0.490 e. The van der Waals surface area contributed by atoms with Gasteiger partial charge in [0.2, 0.25) is 0 Å². The summed E-state index contributed by atoms with van der Waals surface area (Å²) in [6.45, 7) is 2.11. The van der Waals surface area contributed by atoms with E-state index in [1.165, 1.54) is 18.3 Å². The molecule has 0 radical (unpaired) electrons. The average Bonchev–Trinajstić information content (AvgIpc) is 2.95. The Morgan fingerprint density at radius 2 is 1.54 bits per heavy atom. The first-order valence-corrected chi connectivity index (χ1v) is 13.7. The van der Waals surface area contributed by atoms with Crippen molar-refractivity contribution >= 4 is 68.8 Å². The number of hydrogen-bond acceptors (Lipinski definition) is 6. The number of benzene rings is 4. The normalized spacial score (nSPS) is 10.7. The number of nitrogens with one attached hydrogen (secondary N) is 2. The third-order valence-corrected chi connectivity index (χ3v) is 6.59. The molecule has 41 heavy (non-hydrogen) atoms. The molecule has 0 atom stereocenters. The van der Waals surface area contributed by atoms with Crippen molar-refractivity contribution in [2.24, 2.45) is 5.10 Å². The molecule has 0 aromatic heterocycles. The Bertz CT molecular complexity index is 1610. The van der Waals surface area contributed by atoms with E-state index in [-0.39, 0.29) is 22.2 Å². The van der Waals surface area contributed by atoms with Crippen LogP contribution in [0.1, 0.15) is 43.6 Å². The second kappa shape index (κ2) is 13.9. The Morgan fingerprint density at radius 3 is 2.22 bits per heavy atom. The molecule has 0 spiro atoms. The number of rotatable bonds is 9. The van der Waals surface area contributed by atoms with Gasteiger partial charge >= 0.3 is 5.97 Å². The second-order valence-electron chi connectivity index (χ2n) is 8.39. The Hall–Kier alpha value is -4.18. The molecular formula is C30H22BrCl2N3O5. The van der Waals surface area contributed by atoms with Crippen molar-refractivity contribution in [3.05, 3.63) is 122 Å². The first-order chi connectivity index (χ1) is 19.7. The smallest absolute Gasteiger partial charge is 0.345 e. The topological polar surface area (TPSA) is 106 Å². The summed E-state index contributed by atoms with van der Waals surface area (Å²) >= 11 is 15.3. The van der Waals surface area contributed by atoms with Gasteiger partial charge < -0.3 is 14.8 Å². The first kappa shape index (κ1) is 29.8. The van der Waals surface area contributed by atoms with E-state index in [2.05, 4.69) is 31.8 Å². The van der Waals surface area contributed by atoms with Crippen LogP contribution in [0.4, 0.5) is 5.69 Å². The highest BCUT2D eigenvalue weighted by Crippen LogP contribution is 2.30.